The van der Waals surface area contributed by atoms with Crippen molar-refractivity contribution in [2.45, 2.75) is 12.5 Å². The number of methoxy groups -OCH3 is 1. The average molecular weight is 425 g/mol. The summed E-state index contributed by atoms with van der Waals surface area (Å²) in [6.07, 6.45) is 0.855. The van der Waals surface area contributed by atoms with Gasteiger partial charge in [0.05, 0.1) is 18.8 Å². The summed E-state index contributed by atoms with van der Waals surface area (Å²) in [5.74, 6) is 2.04. The van der Waals surface area contributed by atoms with Crippen LogP contribution >= 0.6 is 0 Å². The number of hydrogen-bond acceptors (Lipinski definition) is 7. The summed E-state index contributed by atoms with van der Waals surface area (Å²) >= 11 is 0. The van der Waals surface area contributed by atoms with Gasteiger partial charge in [-0.3, -0.25) is 14.5 Å². The molecule has 3 aliphatic heterocycles. The highest BCUT2D eigenvalue weighted by Crippen LogP contribution is 2.49. The first-order valence-electron chi connectivity index (χ1n) is 10.1. The van der Waals surface area contributed by atoms with Crippen LogP contribution in [-0.4, -0.2) is 57.4 Å². The fourth-order valence-electron chi connectivity index (χ4n) is 4.30. The minimum absolute atomic E-state index is 0.0216. The predicted molar refractivity (Wildman–Crippen MR) is 111 cm³/mol. The second-order valence-electron chi connectivity index (χ2n) is 7.72. The number of ether oxygens (including phenoxy) is 4. The Morgan fingerprint density at radius 3 is 2.97 bits per heavy atom. The van der Waals surface area contributed by atoms with Crippen LogP contribution < -0.4 is 29.6 Å². The number of nitrogens with one attached hydrogen (secondary N) is 2. The van der Waals surface area contributed by atoms with E-state index >= 15 is 0 Å². The first-order valence-corrected chi connectivity index (χ1v) is 10.1. The monoisotopic (exact) mass is 425 g/mol. The van der Waals surface area contributed by atoms with Crippen molar-refractivity contribution in [2.24, 2.45) is 0 Å². The van der Waals surface area contributed by atoms with E-state index in [0.29, 0.717) is 40.8 Å². The molecule has 0 bridgehead atoms. The van der Waals surface area contributed by atoms with Gasteiger partial charge in [-0.15, -0.1) is 0 Å². The Hall–Kier alpha value is -3.46. The smallest absolute Gasteiger partial charge is 0.262 e. The van der Waals surface area contributed by atoms with Gasteiger partial charge in [-0.2, -0.15) is 0 Å². The zero-order valence-corrected chi connectivity index (χ0v) is 17.3. The Morgan fingerprint density at radius 1 is 1.26 bits per heavy atom. The number of nitrogens with zero attached hydrogens (tertiary/aromatic N) is 1. The van der Waals surface area contributed by atoms with Crippen LogP contribution in [0.5, 0.6) is 23.0 Å². The molecule has 2 amide bonds. The minimum atomic E-state index is -0.240. The van der Waals surface area contributed by atoms with E-state index in [0.717, 1.165) is 24.1 Å². The van der Waals surface area contributed by atoms with Crippen molar-refractivity contribution in [2.75, 3.05) is 46.0 Å². The van der Waals surface area contributed by atoms with Gasteiger partial charge in [-0.25, -0.2) is 0 Å². The Bertz CT molecular complexity index is 1070. The number of anilines is 1. The van der Waals surface area contributed by atoms with Crippen LogP contribution in [0.1, 0.15) is 27.5 Å². The van der Waals surface area contributed by atoms with Crippen LogP contribution in [0.25, 0.3) is 0 Å². The summed E-state index contributed by atoms with van der Waals surface area (Å²) in [7, 11) is 3.64. The summed E-state index contributed by atoms with van der Waals surface area (Å²) in [5, 5.41) is 5.74. The highest BCUT2D eigenvalue weighted by Gasteiger charge is 2.34. The first-order chi connectivity index (χ1) is 15.0. The molecule has 1 atom stereocenters. The zero-order chi connectivity index (χ0) is 21.5. The van der Waals surface area contributed by atoms with Gasteiger partial charge < -0.3 is 29.6 Å². The molecule has 2 N–H and O–H groups in total. The molecule has 0 aliphatic carbocycles. The molecule has 5 rings (SSSR count). The Labute approximate surface area is 179 Å². The lowest BCUT2D eigenvalue weighted by molar-refractivity contribution is -0.118. The molecule has 0 spiro atoms. The van der Waals surface area contributed by atoms with Gasteiger partial charge in [0.25, 0.3) is 11.8 Å². The van der Waals surface area contributed by atoms with Crippen LogP contribution in [0.3, 0.4) is 0 Å². The number of amides is 2. The van der Waals surface area contributed by atoms with Crippen molar-refractivity contribution in [3.05, 3.63) is 41.0 Å². The Morgan fingerprint density at radius 2 is 2.13 bits per heavy atom. The van der Waals surface area contributed by atoms with Crippen LogP contribution in [-0.2, 0) is 11.2 Å². The minimum Gasteiger partial charge on any atom is -0.492 e. The molecule has 9 heteroatoms. The topological polar surface area (TPSA) is 98.4 Å². The summed E-state index contributed by atoms with van der Waals surface area (Å²) < 4.78 is 22.2. The van der Waals surface area contributed by atoms with E-state index in [1.807, 2.05) is 13.1 Å². The third kappa shape index (κ3) is 3.40. The lowest BCUT2D eigenvalue weighted by atomic mass is 9.91. The average Bonchev–Trinajstić information content (AvgIpc) is 3.24. The number of benzene rings is 2. The molecule has 0 radical (unpaired) electrons. The second-order valence-corrected chi connectivity index (χ2v) is 7.72. The van der Waals surface area contributed by atoms with Crippen molar-refractivity contribution in [1.29, 1.82) is 0 Å². The fourth-order valence-corrected chi connectivity index (χ4v) is 4.30. The number of carbonyl (C=O) groups excluding carboxylic acids is 2. The zero-order valence-electron chi connectivity index (χ0n) is 17.3. The molecule has 0 aromatic heterocycles. The maximum Gasteiger partial charge on any atom is 0.262 e. The largest absolute Gasteiger partial charge is 0.492 e. The van der Waals surface area contributed by atoms with Gasteiger partial charge in [-0.1, -0.05) is 0 Å². The molecule has 2 aromatic rings. The molecular formula is C22H23N3O6. The van der Waals surface area contributed by atoms with E-state index in [1.165, 1.54) is 0 Å². The van der Waals surface area contributed by atoms with E-state index in [9.17, 15) is 9.59 Å². The molecule has 0 saturated heterocycles. The molecule has 3 aliphatic rings. The summed E-state index contributed by atoms with van der Waals surface area (Å²) in [6, 6.07) is 6.92. The van der Waals surface area contributed by atoms with E-state index in [1.54, 1.807) is 25.3 Å². The summed E-state index contributed by atoms with van der Waals surface area (Å²) in [4.78, 5) is 26.6. The van der Waals surface area contributed by atoms with E-state index in [2.05, 4.69) is 15.5 Å². The van der Waals surface area contributed by atoms with Gasteiger partial charge in [0.1, 0.15) is 5.75 Å². The standard InChI is InChI=1S/C22H23N3O6/c1-25-6-5-12-8-17-20(31-11-30-17)21(28-2)19(12)15(25)9-23-22(27)13-3-4-16-14(7-13)24-18(26)10-29-16/h3-4,7-8,15H,5-6,9-11H2,1-2H3,(H,23,27)(H,24,26). The van der Waals surface area contributed by atoms with Crippen molar-refractivity contribution < 1.29 is 28.5 Å². The fraction of sp³-hybridized carbons (Fsp3) is 0.364. The molecule has 3 heterocycles. The highest BCUT2D eigenvalue weighted by atomic mass is 16.7. The lowest BCUT2D eigenvalue weighted by Crippen LogP contribution is -2.40. The van der Waals surface area contributed by atoms with Crippen LogP contribution in [0.4, 0.5) is 5.69 Å². The molecule has 1 unspecified atom stereocenters. The van der Waals surface area contributed by atoms with Crippen LogP contribution in [0.15, 0.2) is 24.3 Å². The molecular weight excluding hydrogens is 402 g/mol. The molecule has 31 heavy (non-hydrogen) atoms. The van der Waals surface area contributed by atoms with Crippen LogP contribution in [0.2, 0.25) is 0 Å². The predicted octanol–water partition coefficient (Wildman–Crippen LogP) is 1.71. The van der Waals surface area contributed by atoms with Gasteiger partial charge in [0.2, 0.25) is 12.5 Å². The number of hydrogen-bond donors (Lipinski definition) is 2. The van der Waals surface area contributed by atoms with E-state index in [-0.39, 0.29) is 31.3 Å². The SMILES string of the molecule is COc1c2c(cc3c1C(CNC(=O)c1ccc4c(c1)NC(=O)CO4)N(C)CC3)OCO2. The van der Waals surface area contributed by atoms with Gasteiger partial charge >= 0.3 is 0 Å². The number of likely N-dealkylation sites (N-methyl/N-ethyl adjacent to an activating group) is 1. The number of carbonyl (C=O) groups is 2. The molecule has 162 valence electrons. The Balaban J connectivity index is 1.38. The molecule has 0 saturated carbocycles. The number of fused-ring (bicyclic) bond motifs is 3. The van der Waals surface area contributed by atoms with Gasteiger partial charge in [0, 0.05) is 24.2 Å². The maximum absolute atomic E-state index is 12.9. The third-order valence-electron chi connectivity index (χ3n) is 5.88. The second kappa shape index (κ2) is 7.66. The molecule has 0 fully saturated rings. The summed E-state index contributed by atoms with van der Waals surface area (Å²) in [5.41, 5.74) is 3.08. The van der Waals surface area contributed by atoms with E-state index in [4.69, 9.17) is 18.9 Å². The highest BCUT2D eigenvalue weighted by molar-refractivity contribution is 5.99. The lowest BCUT2D eigenvalue weighted by Gasteiger charge is -2.36. The van der Waals surface area contributed by atoms with Crippen LogP contribution in [0, 0.1) is 0 Å². The van der Waals surface area contributed by atoms with Gasteiger partial charge in [0.15, 0.2) is 18.1 Å². The number of rotatable bonds is 4. The maximum atomic E-state index is 12.9. The molecule has 9 nitrogen and oxygen atoms in total. The normalized spacial score (nSPS) is 19.0. The summed E-state index contributed by atoms with van der Waals surface area (Å²) in [6.45, 7) is 1.38. The van der Waals surface area contributed by atoms with Crippen molar-refractivity contribution in [3.63, 3.8) is 0 Å². The van der Waals surface area contributed by atoms with Crippen molar-refractivity contribution >= 4 is 17.5 Å². The first kappa shape index (κ1) is 19.5. The quantitative estimate of drug-likeness (QED) is 0.770. The van der Waals surface area contributed by atoms with E-state index < -0.39 is 0 Å². The third-order valence-corrected chi connectivity index (χ3v) is 5.88. The molecule has 2 aromatic carbocycles. The van der Waals surface area contributed by atoms with Crippen molar-refractivity contribution in [3.8, 4) is 23.0 Å². The van der Waals surface area contributed by atoms with Gasteiger partial charge in [-0.05, 0) is 43.3 Å². The van der Waals surface area contributed by atoms with Crippen molar-refractivity contribution in [1.82, 2.24) is 10.2 Å². The Kier molecular flexibility index (Phi) is 4.82.